The summed E-state index contributed by atoms with van der Waals surface area (Å²) in [6, 6.07) is 4.55. The van der Waals surface area contributed by atoms with Crippen LogP contribution in [0.5, 0.6) is 0 Å². The maximum absolute atomic E-state index is 13.5. The second-order valence-electron chi connectivity index (χ2n) is 8.63. The topological polar surface area (TPSA) is 116 Å². The Morgan fingerprint density at radius 1 is 1.13 bits per heavy atom. The van der Waals surface area contributed by atoms with E-state index >= 15 is 0 Å². The highest BCUT2D eigenvalue weighted by molar-refractivity contribution is 7.21. The van der Waals surface area contributed by atoms with E-state index in [1.54, 1.807) is 0 Å². The van der Waals surface area contributed by atoms with E-state index in [1.165, 1.54) is 18.4 Å². The minimum atomic E-state index is -4.81. The van der Waals surface area contributed by atoms with Crippen LogP contribution in [0.25, 0.3) is 21.5 Å². The van der Waals surface area contributed by atoms with Crippen LogP contribution < -0.4 is 11.1 Å². The van der Waals surface area contributed by atoms with E-state index in [2.05, 4.69) is 15.4 Å². The highest BCUT2D eigenvalue weighted by atomic mass is 32.1. The molecule has 1 aliphatic rings. The molecule has 0 spiro atoms. The number of primary amides is 1. The fourth-order valence-corrected chi connectivity index (χ4v) is 5.04. The molecule has 2 amide bonds. The Hall–Kier alpha value is -3.88. The largest absolute Gasteiger partial charge is 0.464 e. The number of nitrogens with one attached hydrogen (secondary N) is 1. The number of fused-ring (bicyclic) bond motifs is 1. The van der Waals surface area contributed by atoms with Gasteiger partial charge in [0.15, 0.2) is 5.69 Å². The number of nitrogens with zero attached hydrogens (tertiary/aromatic N) is 3. The SMILES string of the molecule is NC(=O)c1sc2nc(C(F)(F)F)cc(-c3ccco3)c2c1NC(=O)CCn1nc(C(F)(F)F)cc1C1CC1. The van der Waals surface area contributed by atoms with Crippen LogP contribution in [0.2, 0.25) is 0 Å². The van der Waals surface area contributed by atoms with Crippen molar-refractivity contribution in [1.29, 1.82) is 0 Å². The van der Waals surface area contributed by atoms with Gasteiger partial charge >= 0.3 is 12.4 Å². The molecule has 38 heavy (non-hydrogen) atoms. The molecule has 4 aromatic rings. The van der Waals surface area contributed by atoms with Crippen LogP contribution in [-0.2, 0) is 23.7 Å². The third-order valence-electron chi connectivity index (χ3n) is 5.88. The minimum absolute atomic E-state index is 0.0113. The molecule has 0 aromatic carbocycles. The van der Waals surface area contributed by atoms with Gasteiger partial charge in [0.2, 0.25) is 5.91 Å². The maximum atomic E-state index is 13.5. The number of anilines is 1. The summed E-state index contributed by atoms with van der Waals surface area (Å²) in [6.45, 7) is -0.191. The summed E-state index contributed by atoms with van der Waals surface area (Å²) in [5.74, 6) is -1.78. The standard InChI is InChI=1S/C23H17F6N5O3S/c24-22(25,26)14-8-11(13-2-1-7-37-13)17-18(19(20(30)36)38-21(17)31-14)32-16(35)5-6-34-12(10-3-4-10)9-15(33-34)23(27,28)29/h1-2,7-10H,3-6H2,(H2,30,36)(H,32,35). The number of carbonyl (C=O) groups excluding carboxylic acids is 2. The number of halogens is 6. The first-order valence-electron chi connectivity index (χ1n) is 11.2. The molecule has 0 radical (unpaired) electrons. The molecule has 1 aliphatic carbocycles. The summed E-state index contributed by atoms with van der Waals surface area (Å²) in [4.78, 5) is 28.2. The van der Waals surface area contributed by atoms with Crippen molar-refractivity contribution in [1.82, 2.24) is 14.8 Å². The first-order valence-corrected chi connectivity index (χ1v) is 12.0. The number of pyridine rings is 1. The third-order valence-corrected chi connectivity index (χ3v) is 6.97. The number of carbonyl (C=O) groups is 2. The van der Waals surface area contributed by atoms with Crippen LogP contribution in [0.1, 0.15) is 51.9 Å². The number of alkyl halides is 6. The molecule has 8 nitrogen and oxygen atoms in total. The fraction of sp³-hybridized carbons (Fsp3) is 0.304. The molecule has 0 atom stereocenters. The summed E-state index contributed by atoms with van der Waals surface area (Å²) in [5, 5.41) is 6.10. The zero-order valence-corrected chi connectivity index (χ0v) is 19.9. The average molecular weight is 557 g/mol. The molecule has 0 unspecified atom stereocenters. The second-order valence-corrected chi connectivity index (χ2v) is 9.63. The van der Waals surface area contributed by atoms with Crippen molar-refractivity contribution in [3.8, 4) is 11.3 Å². The highest BCUT2D eigenvalue weighted by Gasteiger charge is 2.38. The molecule has 1 fully saturated rings. The molecule has 0 bridgehead atoms. The number of hydrogen-bond acceptors (Lipinski definition) is 6. The lowest BCUT2D eigenvalue weighted by Crippen LogP contribution is -2.19. The predicted octanol–water partition coefficient (Wildman–Crippen LogP) is 5.80. The minimum Gasteiger partial charge on any atom is -0.464 e. The summed E-state index contributed by atoms with van der Waals surface area (Å²) in [7, 11) is 0. The van der Waals surface area contributed by atoms with Crippen molar-refractivity contribution in [2.45, 2.75) is 44.1 Å². The normalized spacial score (nSPS) is 14.3. The van der Waals surface area contributed by atoms with Crippen LogP contribution in [0.3, 0.4) is 0 Å². The Bertz CT molecular complexity index is 1530. The number of hydrogen-bond donors (Lipinski definition) is 2. The van der Waals surface area contributed by atoms with E-state index in [-0.39, 0.29) is 51.0 Å². The third kappa shape index (κ3) is 4.97. The van der Waals surface area contributed by atoms with Gasteiger partial charge in [-0.25, -0.2) is 4.98 Å². The van der Waals surface area contributed by atoms with Gasteiger partial charge < -0.3 is 15.5 Å². The lowest BCUT2D eigenvalue weighted by atomic mass is 10.1. The van der Waals surface area contributed by atoms with E-state index < -0.39 is 35.6 Å². The van der Waals surface area contributed by atoms with Crippen LogP contribution in [0.15, 0.2) is 34.9 Å². The summed E-state index contributed by atoms with van der Waals surface area (Å²) in [6.07, 6.45) is -7.13. The summed E-state index contributed by atoms with van der Waals surface area (Å²) in [5.41, 5.74) is 3.27. The molecule has 5 rings (SSSR count). The molecular formula is C23H17F6N5O3S. The van der Waals surface area contributed by atoms with E-state index in [0.717, 1.165) is 16.8 Å². The first kappa shape index (κ1) is 25.8. The van der Waals surface area contributed by atoms with Crippen molar-refractivity contribution in [2.75, 3.05) is 5.32 Å². The number of furan rings is 1. The lowest BCUT2D eigenvalue weighted by Gasteiger charge is -2.11. The van der Waals surface area contributed by atoms with Gasteiger partial charge in [-0.2, -0.15) is 31.4 Å². The number of thiophene rings is 1. The van der Waals surface area contributed by atoms with Crippen molar-refractivity contribution < 1.29 is 40.3 Å². The molecule has 200 valence electrons. The smallest absolute Gasteiger partial charge is 0.435 e. The maximum Gasteiger partial charge on any atom is 0.435 e. The highest BCUT2D eigenvalue weighted by Crippen LogP contribution is 2.44. The molecule has 3 N–H and O–H groups in total. The number of amides is 2. The van der Waals surface area contributed by atoms with Gasteiger partial charge in [-0.05, 0) is 37.1 Å². The number of nitrogens with two attached hydrogens (primary N) is 1. The van der Waals surface area contributed by atoms with Gasteiger partial charge in [-0.15, -0.1) is 11.3 Å². The number of aromatic nitrogens is 3. The average Bonchev–Trinajstić information content (AvgIpc) is 3.22. The van der Waals surface area contributed by atoms with Crippen LogP contribution in [0, 0.1) is 0 Å². The Kier molecular flexibility index (Phi) is 6.20. The number of rotatable bonds is 7. The van der Waals surface area contributed by atoms with Crippen LogP contribution in [0.4, 0.5) is 32.0 Å². The van der Waals surface area contributed by atoms with Gasteiger partial charge in [0.25, 0.3) is 5.91 Å². The van der Waals surface area contributed by atoms with Gasteiger partial charge in [0.05, 0.1) is 12.0 Å². The zero-order chi connectivity index (χ0) is 27.4. The van der Waals surface area contributed by atoms with E-state index in [1.807, 2.05) is 0 Å². The van der Waals surface area contributed by atoms with Gasteiger partial charge in [0.1, 0.15) is 21.2 Å². The summed E-state index contributed by atoms with van der Waals surface area (Å²) < 4.78 is 86.4. The molecule has 0 saturated heterocycles. The van der Waals surface area contributed by atoms with Gasteiger partial charge in [-0.3, -0.25) is 14.3 Å². The Labute approximate surface area is 213 Å². The Morgan fingerprint density at radius 2 is 1.84 bits per heavy atom. The fourth-order valence-electron chi connectivity index (χ4n) is 4.03. The molecule has 0 aliphatic heterocycles. The molecule has 15 heteroatoms. The first-order chi connectivity index (χ1) is 17.8. The van der Waals surface area contributed by atoms with E-state index in [9.17, 15) is 35.9 Å². The molecular weight excluding hydrogens is 540 g/mol. The predicted molar refractivity (Wildman–Crippen MR) is 123 cm³/mol. The van der Waals surface area contributed by atoms with Crippen molar-refractivity contribution in [3.05, 3.63) is 52.5 Å². The molecule has 4 aromatic heterocycles. The van der Waals surface area contributed by atoms with Gasteiger partial charge in [-0.1, -0.05) is 0 Å². The van der Waals surface area contributed by atoms with Crippen molar-refractivity contribution in [2.24, 2.45) is 5.73 Å². The van der Waals surface area contributed by atoms with Gasteiger partial charge in [0, 0.05) is 35.5 Å². The Balaban J connectivity index is 1.49. The van der Waals surface area contributed by atoms with E-state index in [4.69, 9.17) is 10.2 Å². The monoisotopic (exact) mass is 557 g/mol. The molecule has 4 heterocycles. The zero-order valence-electron chi connectivity index (χ0n) is 19.1. The van der Waals surface area contributed by atoms with Crippen LogP contribution >= 0.6 is 11.3 Å². The lowest BCUT2D eigenvalue weighted by molar-refractivity contribution is -0.142. The molecule has 1 saturated carbocycles. The van der Waals surface area contributed by atoms with Crippen molar-refractivity contribution >= 4 is 39.1 Å². The Morgan fingerprint density at radius 3 is 2.42 bits per heavy atom. The number of aryl methyl sites for hydroxylation is 1. The quantitative estimate of drug-likeness (QED) is 0.279. The summed E-state index contributed by atoms with van der Waals surface area (Å²) >= 11 is 0.566. The van der Waals surface area contributed by atoms with E-state index in [0.29, 0.717) is 29.9 Å². The van der Waals surface area contributed by atoms with Crippen molar-refractivity contribution in [3.63, 3.8) is 0 Å². The van der Waals surface area contributed by atoms with Crippen LogP contribution in [-0.4, -0.2) is 26.6 Å². The second kappa shape index (κ2) is 9.15.